The smallest absolute Gasteiger partial charge is 0.305 e. The Morgan fingerprint density at radius 2 is 1.83 bits per heavy atom. The molecular formula is C25H27N7O4. The molecule has 0 aliphatic carbocycles. The fraction of sp³-hybridized carbons (Fsp3) is 0.160. The van der Waals surface area contributed by atoms with E-state index in [9.17, 15) is 9.59 Å². The van der Waals surface area contributed by atoms with E-state index in [1.54, 1.807) is 48.7 Å². The van der Waals surface area contributed by atoms with Crippen LogP contribution >= 0.6 is 0 Å². The summed E-state index contributed by atoms with van der Waals surface area (Å²) in [5.41, 5.74) is 8.92. The van der Waals surface area contributed by atoms with Gasteiger partial charge in [-0.05, 0) is 54.6 Å². The van der Waals surface area contributed by atoms with Crippen LogP contribution in [-0.2, 0) is 18.4 Å². The molecule has 4 rings (SSSR count). The zero-order valence-corrected chi connectivity index (χ0v) is 19.6. The average molecular weight is 490 g/mol. The number of carboxylic acids is 1. The summed E-state index contributed by atoms with van der Waals surface area (Å²) in [5.74, 6) is -0.162. The maximum absolute atomic E-state index is 13.3. The number of nitrogens with one attached hydrogen (secondary N) is 2. The molecule has 2 aromatic heterocycles. The Morgan fingerprint density at radius 3 is 2.47 bits per heavy atom. The Bertz CT molecular complexity index is 1390. The van der Waals surface area contributed by atoms with Crippen LogP contribution in [0.2, 0.25) is 0 Å². The van der Waals surface area contributed by atoms with Crippen LogP contribution in [0.15, 0.2) is 66.9 Å². The molecule has 0 radical (unpaired) electrons. The van der Waals surface area contributed by atoms with E-state index < -0.39 is 5.97 Å². The lowest BCUT2D eigenvalue weighted by atomic mass is 10.1. The van der Waals surface area contributed by atoms with Gasteiger partial charge in [0.15, 0.2) is 0 Å². The maximum Gasteiger partial charge on any atom is 0.305 e. The Kier molecular flexibility index (Phi) is 7.97. The SMILES string of the molecule is Cn1c(CNc2ccc(C(=N)N)cc2)nc2cc(C(=O)N(CCC(=O)O)c3ccccn3)ccc21.O. The number of carboxylic acid groups (broad SMARTS) is 1. The maximum atomic E-state index is 13.3. The number of nitrogens with zero attached hydrogens (tertiary/aromatic N) is 4. The Morgan fingerprint density at radius 1 is 1.11 bits per heavy atom. The van der Waals surface area contributed by atoms with Gasteiger partial charge in [0.1, 0.15) is 17.5 Å². The normalized spacial score (nSPS) is 10.5. The number of carbonyl (C=O) groups excluding carboxylic acids is 1. The molecule has 0 aliphatic rings. The standard InChI is InChI=1S/C25H25N7O3.H2O/c1-31-20-10-7-17(25(35)32(13-11-23(33)34)21-4-2-3-12-28-21)14-19(20)30-22(31)15-29-18-8-5-16(6-9-18)24(26)27;/h2-10,12,14,29H,11,13,15H2,1H3,(H3,26,27)(H,33,34);1H2. The second kappa shape index (κ2) is 11.1. The number of aromatic nitrogens is 3. The van der Waals surface area contributed by atoms with Crippen molar-refractivity contribution in [3.8, 4) is 0 Å². The largest absolute Gasteiger partial charge is 0.481 e. The lowest BCUT2D eigenvalue weighted by Gasteiger charge is -2.21. The Balaban J connectivity index is 0.00000361. The number of hydrogen-bond acceptors (Lipinski definition) is 6. The quantitative estimate of drug-likeness (QED) is 0.205. The molecule has 7 N–H and O–H groups in total. The highest BCUT2D eigenvalue weighted by Crippen LogP contribution is 2.21. The Hall–Kier alpha value is -4.77. The van der Waals surface area contributed by atoms with Gasteiger partial charge in [-0.3, -0.25) is 19.9 Å². The van der Waals surface area contributed by atoms with Gasteiger partial charge >= 0.3 is 5.97 Å². The van der Waals surface area contributed by atoms with Crippen molar-refractivity contribution >= 4 is 40.3 Å². The van der Waals surface area contributed by atoms with E-state index in [-0.39, 0.29) is 30.2 Å². The van der Waals surface area contributed by atoms with Crippen molar-refractivity contribution in [3.05, 3.63) is 83.8 Å². The molecule has 11 heteroatoms. The fourth-order valence-corrected chi connectivity index (χ4v) is 3.69. The molecule has 0 spiro atoms. The first-order valence-corrected chi connectivity index (χ1v) is 10.9. The van der Waals surface area contributed by atoms with Crippen molar-refractivity contribution in [3.63, 3.8) is 0 Å². The number of rotatable bonds is 9. The lowest BCUT2D eigenvalue weighted by Crippen LogP contribution is -2.33. The summed E-state index contributed by atoms with van der Waals surface area (Å²) in [7, 11) is 1.90. The zero-order valence-electron chi connectivity index (χ0n) is 19.6. The van der Waals surface area contributed by atoms with Crippen LogP contribution in [0.5, 0.6) is 0 Å². The minimum absolute atomic E-state index is 0. The number of aliphatic carboxylic acids is 1. The number of anilines is 2. The number of amidine groups is 1. The van der Waals surface area contributed by atoms with Gasteiger partial charge in [-0.15, -0.1) is 0 Å². The highest BCUT2D eigenvalue weighted by molar-refractivity contribution is 6.07. The summed E-state index contributed by atoms with van der Waals surface area (Å²) in [6.07, 6.45) is 1.36. The monoisotopic (exact) mass is 489 g/mol. The van der Waals surface area contributed by atoms with Crippen molar-refractivity contribution in [2.45, 2.75) is 13.0 Å². The van der Waals surface area contributed by atoms with Crippen LogP contribution in [0, 0.1) is 5.41 Å². The molecule has 0 saturated carbocycles. The average Bonchev–Trinajstić information content (AvgIpc) is 3.18. The van der Waals surface area contributed by atoms with E-state index in [0.717, 1.165) is 17.0 Å². The van der Waals surface area contributed by atoms with E-state index in [1.807, 2.05) is 29.8 Å². The van der Waals surface area contributed by atoms with E-state index in [0.29, 0.717) is 29.0 Å². The van der Waals surface area contributed by atoms with Gasteiger partial charge in [0, 0.05) is 36.6 Å². The molecular weight excluding hydrogens is 462 g/mol. The summed E-state index contributed by atoms with van der Waals surface area (Å²) >= 11 is 0. The minimum Gasteiger partial charge on any atom is -0.481 e. The highest BCUT2D eigenvalue weighted by atomic mass is 16.4. The molecule has 2 aromatic carbocycles. The molecule has 4 aromatic rings. The third kappa shape index (κ3) is 5.65. The van der Waals surface area contributed by atoms with Gasteiger partial charge < -0.3 is 26.2 Å². The molecule has 0 atom stereocenters. The molecule has 0 unspecified atom stereocenters. The molecule has 0 bridgehead atoms. The predicted molar refractivity (Wildman–Crippen MR) is 137 cm³/mol. The first-order chi connectivity index (χ1) is 16.8. The van der Waals surface area contributed by atoms with Crippen LogP contribution in [0.4, 0.5) is 11.5 Å². The van der Waals surface area contributed by atoms with E-state index >= 15 is 0 Å². The van der Waals surface area contributed by atoms with Crippen LogP contribution in [0.3, 0.4) is 0 Å². The number of amides is 1. The Labute approximate surface area is 207 Å². The number of aryl methyl sites for hydroxylation is 1. The number of pyridine rings is 1. The topological polar surface area (TPSA) is 182 Å². The molecule has 11 nitrogen and oxygen atoms in total. The number of imidazole rings is 1. The van der Waals surface area contributed by atoms with Crippen molar-refractivity contribution in [1.82, 2.24) is 14.5 Å². The van der Waals surface area contributed by atoms with Crippen molar-refractivity contribution in [2.24, 2.45) is 12.8 Å². The molecule has 36 heavy (non-hydrogen) atoms. The van der Waals surface area contributed by atoms with Crippen LogP contribution in [-0.4, -0.2) is 49.4 Å². The van der Waals surface area contributed by atoms with Crippen molar-refractivity contribution in [1.29, 1.82) is 5.41 Å². The highest BCUT2D eigenvalue weighted by Gasteiger charge is 2.21. The molecule has 186 valence electrons. The zero-order chi connectivity index (χ0) is 24.9. The second-order valence-electron chi connectivity index (χ2n) is 7.92. The number of benzene rings is 2. The summed E-state index contributed by atoms with van der Waals surface area (Å²) in [6.45, 7) is 0.454. The van der Waals surface area contributed by atoms with Gasteiger partial charge in [0.05, 0.1) is 24.0 Å². The minimum atomic E-state index is -0.994. The van der Waals surface area contributed by atoms with Crippen molar-refractivity contribution < 1.29 is 20.2 Å². The molecule has 0 saturated heterocycles. The van der Waals surface area contributed by atoms with Crippen molar-refractivity contribution in [2.75, 3.05) is 16.8 Å². The molecule has 0 fully saturated rings. The van der Waals surface area contributed by atoms with Gasteiger partial charge in [-0.2, -0.15) is 0 Å². The first-order valence-electron chi connectivity index (χ1n) is 10.9. The molecule has 2 heterocycles. The number of fused-ring (bicyclic) bond motifs is 1. The first kappa shape index (κ1) is 25.8. The van der Waals surface area contributed by atoms with E-state index in [2.05, 4.69) is 15.3 Å². The third-order valence-corrected chi connectivity index (χ3v) is 5.59. The molecule has 0 aliphatic heterocycles. The van der Waals surface area contributed by atoms with Gasteiger partial charge in [0.25, 0.3) is 5.91 Å². The summed E-state index contributed by atoms with van der Waals surface area (Å²) in [6, 6.07) is 17.6. The fourth-order valence-electron chi connectivity index (χ4n) is 3.69. The van der Waals surface area contributed by atoms with E-state index in [4.69, 9.17) is 16.2 Å². The van der Waals surface area contributed by atoms with Gasteiger partial charge in [-0.25, -0.2) is 9.97 Å². The second-order valence-corrected chi connectivity index (χ2v) is 7.92. The summed E-state index contributed by atoms with van der Waals surface area (Å²) in [5, 5.41) is 19.9. The predicted octanol–water partition coefficient (Wildman–Crippen LogP) is 2.16. The summed E-state index contributed by atoms with van der Waals surface area (Å²) < 4.78 is 1.95. The van der Waals surface area contributed by atoms with Crippen LogP contribution in [0.25, 0.3) is 11.0 Å². The van der Waals surface area contributed by atoms with E-state index in [1.165, 1.54) is 4.90 Å². The number of hydrogen-bond donors (Lipinski definition) is 4. The van der Waals surface area contributed by atoms with Crippen LogP contribution < -0.4 is 16.0 Å². The van der Waals surface area contributed by atoms with Gasteiger partial charge in [-0.1, -0.05) is 6.07 Å². The van der Waals surface area contributed by atoms with Crippen LogP contribution in [0.1, 0.15) is 28.2 Å². The number of nitrogens with two attached hydrogens (primary N) is 1. The molecule has 1 amide bonds. The third-order valence-electron chi connectivity index (χ3n) is 5.59. The summed E-state index contributed by atoms with van der Waals surface area (Å²) in [4.78, 5) is 34.7. The number of carbonyl (C=O) groups is 2. The number of nitrogen functional groups attached to an aromatic ring is 1. The lowest BCUT2D eigenvalue weighted by molar-refractivity contribution is -0.136. The van der Waals surface area contributed by atoms with Gasteiger partial charge in [0.2, 0.25) is 0 Å².